The molecule has 6 aromatic rings. The molecule has 1 unspecified atom stereocenters. The topological polar surface area (TPSA) is 81.7 Å². The molecular formula is C101H178N7O8+7. The quantitative estimate of drug-likeness (QED) is 0.0162. The summed E-state index contributed by atoms with van der Waals surface area (Å²) in [5.74, 6) is -0.290. The summed E-state index contributed by atoms with van der Waals surface area (Å²) in [6, 6.07) is 62.6. The minimum atomic E-state index is -0.290. The molecular weight excluding hydrogens is 1440 g/mol. The first-order valence-corrected chi connectivity index (χ1v) is 44.9. The molecule has 0 heterocycles. The molecule has 15 heteroatoms. The molecule has 15 nitrogen and oxygen atoms in total. The predicted molar refractivity (Wildman–Crippen MR) is 495 cm³/mol. The lowest BCUT2D eigenvalue weighted by Crippen LogP contribution is -2.51. The second-order valence-electron chi connectivity index (χ2n) is 34.2. The molecule has 0 amide bonds. The van der Waals surface area contributed by atoms with Crippen molar-refractivity contribution in [2.24, 2.45) is 0 Å². The van der Waals surface area contributed by atoms with Crippen molar-refractivity contribution in [2.45, 2.75) is 168 Å². The highest BCUT2D eigenvalue weighted by Crippen LogP contribution is 2.15. The fourth-order valence-electron chi connectivity index (χ4n) is 13.3. The fourth-order valence-corrected chi connectivity index (χ4v) is 13.3. The average molecular weight is 1620 g/mol. The Morgan fingerprint density at radius 2 is 0.500 bits per heavy atom. The Hall–Kier alpha value is -5.99. The Morgan fingerprint density at radius 1 is 0.259 bits per heavy atom. The summed E-state index contributed by atoms with van der Waals surface area (Å²) in [4.78, 5) is 10.9. The van der Waals surface area contributed by atoms with E-state index in [1.54, 1.807) is 6.92 Å². The molecule has 0 aliphatic rings. The van der Waals surface area contributed by atoms with E-state index < -0.39 is 0 Å². The Balaban J connectivity index is 0.00000134. The lowest BCUT2D eigenvalue weighted by Gasteiger charge is -2.37. The Kier molecular flexibility index (Phi) is 64.2. The van der Waals surface area contributed by atoms with Crippen LogP contribution in [0.15, 0.2) is 194 Å². The SMILES string of the molecule is C=C(C)C(=O)OCCC[N+](C)(C)C.CCCC[N+](CC)(CCC)CCOCc1ccccc1.CCC[N+](CC)(CCC)CCOCc1ccccc1.CC[N+](CC)(CC)CCOCCc1ccccc1.CC[N+](CC)(CC)CCOCc1ccccc1.C[N+](C)(C)CCOCCc1ccccc1.C[N+](C)(C)CCOCc1ccccc1. The number of ether oxygens (including phenoxy) is 7. The molecule has 1 atom stereocenters. The third-order valence-electron chi connectivity index (χ3n) is 21.9. The molecule has 0 spiro atoms. The largest absolute Gasteiger partial charge is 0.462 e. The number of carbonyl (C=O) groups is 1. The van der Waals surface area contributed by atoms with Gasteiger partial charge in [0.15, 0.2) is 0 Å². The van der Waals surface area contributed by atoms with Crippen molar-refractivity contribution >= 4 is 5.97 Å². The Morgan fingerprint density at radius 3 is 0.750 bits per heavy atom. The molecule has 658 valence electrons. The number of quaternary nitrogens is 7. The maximum atomic E-state index is 10.9. The van der Waals surface area contributed by atoms with Gasteiger partial charge >= 0.3 is 5.97 Å². The summed E-state index contributed by atoms with van der Waals surface area (Å²) in [6.07, 6.45) is 9.31. The third kappa shape index (κ3) is 58.8. The first-order chi connectivity index (χ1) is 55.5. The van der Waals surface area contributed by atoms with Crippen LogP contribution in [-0.2, 0) is 77.2 Å². The van der Waals surface area contributed by atoms with Crippen molar-refractivity contribution in [3.05, 3.63) is 228 Å². The first kappa shape index (κ1) is 110. The summed E-state index contributed by atoms with van der Waals surface area (Å²) in [6.45, 7) is 65.2. The lowest BCUT2D eigenvalue weighted by molar-refractivity contribution is -0.927. The minimum absolute atomic E-state index is 0.290. The first-order valence-electron chi connectivity index (χ1n) is 44.9. The molecule has 6 aromatic carbocycles. The zero-order valence-electron chi connectivity index (χ0n) is 78.7. The molecule has 0 aliphatic carbocycles. The number of likely N-dealkylation sites (N-methyl/N-ethyl adjacent to an activating group) is 6. The van der Waals surface area contributed by atoms with E-state index in [2.05, 4.69) is 299 Å². The van der Waals surface area contributed by atoms with Gasteiger partial charge in [0, 0.05) is 12.0 Å². The van der Waals surface area contributed by atoms with Gasteiger partial charge in [-0.15, -0.1) is 0 Å². The molecule has 0 aliphatic heterocycles. The summed E-state index contributed by atoms with van der Waals surface area (Å²) in [5, 5.41) is 0. The number of hydrogen-bond acceptors (Lipinski definition) is 8. The van der Waals surface area contributed by atoms with E-state index >= 15 is 0 Å². The van der Waals surface area contributed by atoms with Crippen LogP contribution in [0.2, 0.25) is 0 Å². The van der Waals surface area contributed by atoms with Gasteiger partial charge in [0.1, 0.15) is 39.3 Å². The second-order valence-corrected chi connectivity index (χ2v) is 34.2. The number of carbonyl (C=O) groups excluding carboxylic acids is 1. The van der Waals surface area contributed by atoms with Gasteiger partial charge in [0.25, 0.3) is 0 Å². The second kappa shape index (κ2) is 67.7. The molecule has 6 rings (SSSR count). The van der Waals surface area contributed by atoms with Crippen molar-refractivity contribution in [1.82, 2.24) is 0 Å². The van der Waals surface area contributed by atoms with Crippen LogP contribution < -0.4 is 0 Å². The molecule has 116 heavy (non-hydrogen) atoms. The maximum absolute atomic E-state index is 10.9. The van der Waals surface area contributed by atoms with Gasteiger partial charge in [-0.05, 0) is 134 Å². The van der Waals surface area contributed by atoms with E-state index in [9.17, 15) is 4.79 Å². The fraction of sp³-hybridized carbons (Fsp3) is 0.614. The number of hydrogen-bond donors (Lipinski definition) is 0. The summed E-state index contributed by atoms with van der Waals surface area (Å²) >= 11 is 0. The van der Waals surface area contributed by atoms with Gasteiger partial charge in [0.2, 0.25) is 0 Å². The van der Waals surface area contributed by atoms with Gasteiger partial charge in [-0.25, -0.2) is 4.79 Å². The van der Waals surface area contributed by atoms with Crippen LogP contribution in [0.5, 0.6) is 0 Å². The van der Waals surface area contributed by atoms with Crippen LogP contribution in [-0.4, -0.2) is 285 Å². The van der Waals surface area contributed by atoms with E-state index in [0.717, 1.165) is 162 Å². The average Bonchev–Trinajstić information content (AvgIpc) is 0.893. The van der Waals surface area contributed by atoms with Crippen molar-refractivity contribution in [3.63, 3.8) is 0 Å². The highest BCUT2D eigenvalue weighted by Gasteiger charge is 2.26. The van der Waals surface area contributed by atoms with E-state index in [4.69, 9.17) is 33.2 Å². The minimum Gasteiger partial charge on any atom is -0.462 e. The van der Waals surface area contributed by atoms with E-state index in [0.29, 0.717) is 12.2 Å². The highest BCUT2D eigenvalue weighted by atomic mass is 16.5. The summed E-state index contributed by atoms with van der Waals surface area (Å²) in [7, 11) is 19.4. The van der Waals surface area contributed by atoms with Crippen molar-refractivity contribution < 1.29 is 69.3 Å². The van der Waals surface area contributed by atoms with Gasteiger partial charge in [-0.3, -0.25) is 0 Å². The highest BCUT2D eigenvalue weighted by molar-refractivity contribution is 5.86. The van der Waals surface area contributed by atoms with Crippen LogP contribution in [0.25, 0.3) is 0 Å². The van der Waals surface area contributed by atoms with E-state index in [-0.39, 0.29) is 5.97 Å². The third-order valence-corrected chi connectivity index (χ3v) is 21.9. The molecule has 0 aromatic heterocycles. The molecule has 0 fully saturated rings. The zero-order chi connectivity index (χ0) is 86.6. The van der Waals surface area contributed by atoms with Crippen molar-refractivity contribution in [2.75, 3.05) is 247 Å². The van der Waals surface area contributed by atoms with E-state index in [1.165, 1.54) is 157 Å². The van der Waals surface area contributed by atoms with Crippen LogP contribution in [0.4, 0.5) is 0 Å². The van der Waals surface area contributed by atoms with E-state index in [1.807, 2.05) is 36.4 Å². The lowest BCUT2D eigenvalue weighted by atomic mass is 10.2. The van der Waals surface area contributed by atoms with Gasteiger partial charge in [-0.1, -0.05) is 223 Å². The van der Waals surface area contributed by atoms with Gasteiger partial charge in [0.05, 0.1) is 234 Å². The number of nitrogens with zero attached hydrogens (tertiary/aromatic N) is 7. The molecule has 0 N–H and O–H groups in total. The Bertz CT molecular complexity index is 3140. The molecule has 0 bridgehead atoms. The van der Waals surface area contributed by atoms with Crippen LogP contribution in [0.1, 0.15) is 162 Å². The summed E-state index contributed by atoms with van der Waals surface area (Å²) in [5.41, 5.74) is 8.21. The van der Waals surface area contributed by atoms with Crippen LogP contribution >= 0.6 is 0 Å². The monoisotopic (exact) mass is 1620 g/mol. The summed E-state index contributed by atoms with van der Waals surface area (Å²) < 4.78 is 47.0. The number of rotatable bonds is 54. The molecule has 0 radical (unpaired) electrons. The van der Waals surface area contributed by atoms with Crippen LogP contribution in [0.3, 0.4) is 0 Å². The van der Waals surface area contributed by atoms with Crippen molar-refractivity contribution in [3.8, 4) is 0 Å². The normalized spacial score (nSPS) is 12.1. The molecule has 0 saturated heterocycles. The number of unbranched alkanes of at least 4 members (excludes halogenated alkanes) is 1. The van der Waals surface area contributed by atoms with Crippen molar-refractivity contribution in [1.29, 1.82) is 0 Å². The predicted octanol–water partition coefficient (Wildman–Crippen LogP) is 19.4. The van der Waals surface area contributed by atoms with Gasteiger partial charge < -0.3 is 64.5 Å². The van der Waals surface area contributed by atoms with Crippen LogP contribution in [0, 0.1) is 0 Å². The number of esters is 1. The molecule has 0 saturated carbocycles. The smallest absolute Gasteiger partial charge is 0.333 e. The standard InChI is InChI=1S/C18H32NO.C17H30NO.C16H28NO.C15H26NO.C13H22NO.C12H20NO.C10H20NO2/c1-4-7-14-19(6-3,13-5-2)15-16-20-17-18-11-9-8-10-12-18;1-4-12-18(6-3,13-5-2)14-15-19-16-17-10-8-7-9-11-17;1-4-17(5-2,6-3)13-15-18-14-12-16-10-8-7-9-11-16;1-4-16(5-2,6-3)12-13-17-14-15-10-8-7-9-11-15;1-14(2,3)10-12-15-11-9-13-7-5-4-6-8-13;1-13(2,3)9-10-14-11-12-7-5-4-6-8-12;1-9(2)10(12)13-8-6-7-11(3,4)5/h8-12H,4-7,13-17H2,1-3H3;7-11H,4-6,12-16H2,1-3H3;7-11H,4-6,12-15H2,1-3H3;7-11H,4-6,12-14H2,1-3H3;4-8H,9-12H2,1-3H3;4-8H,9-11H2,1-3H3;1,6-8H2,2-5H3/q7*+1. The number of benzene rings is 6. The maximum Gasteiger partial charge on any atom is 0.333 e. The van der Waals surface area contributed by atoms with Gasteiger partial charge in [-0.2, -0.15) is 0 Å². The zero-order valence-corrected chi connectivity index (χ0v) is 78.7. The Labute approximate surface area is 714 Å².